The summed E-state index contributed by atoms with van der Waals surface area (Å²) in [5.74, 6) is -2.04. The van der Waals surface area contributed by atoms with E-state index in [1.165, 1.54) is 12.1 Å². The molecule has 0 spiro atoms. The molecule has 3 nitrogen and oxygen atoms in total. The summed E-state index contributed by atoms with van der Waals surface area (Å²) >= 11 is 0. The molecule has 0 fully saturated rings. The number of aromatic carboxylic acids is 1. The van der Waals surface area contributed by atoms with Crippen molar-refractivity contribution < 1.29 is 19.4 Å². The van der Waals surface area contributed by atoms with Crippen LogP contribution in [0, 0.1) is 5.82 Å². The minimum absolute atomic E-state index is 0.0490. The molecule has 0 heterocycles. The summed E-state index contributed by atoms with van der Waals surface area (Å²) in [6.07, 6.45) is 0. The molecular formula is C14H11FO3. The van der Waals surface area contributed by atoms with Crippen LogP contribution in [0.25, 0.3) is 11.1 Å². The van der Waals surface area contributed by atoms with Crippen molar-refractivity contribution in [3.8, 4) is 11.1 Å². The monoisotopic (exact) mass is 246 g/mol. The standard InChI is InChI=1S/C14H11FO3/c15-13-7-11(5-6-12(13)14(17)18)10-3-1-9(8-16)2-4-10/h1-7,16H,8H2,(H,17,18). The van der Waals surface area contributed by atoms with Gasteiger partial charge in [0.1, 0.15) is 5.82 Å². The SMILES string of the molecule is O=C(O)c1ccc(-c2ccc(CO)cc2)cc1F. The molecule has 0 saturated carbocycles. The Bertz CT molecular complexity index is 576. The van der Waals surface area contributed by atoms with Gasteiger partial charge in [-0.1, -0.05) is 30.3 Å². The Kier molecular flexibility index (Phi) is 3.39. The van der Waals surface area contributed by atoms with Gasteiger partial charge in [0.05, 0.1) is 12.2 Å². The lowest BCUT2D eigenvalue weighted by Gasteiger charge is -2.04. The topological polar surface area (TPSA) is 57.5 Å². The Morgan fingerprint density at radius 2 is 1.67 bits per heavy atom. The van der Waals surface area contributed by atoms with Crippen molar-refractivity contribution in [3.63, 3.8) is 0 Å². The number of carboxylic acid groups (broad SMARTS) is 1. The van der Waals surface area contributed by atoms with E-state index in [-0.39, 0.29) is 12.2 Å². The molecule has 2 aromatic carbocycles. The lowest BCUT2D eigenvalue weighted by atomic mass is 10.0. The van der Waals surface area contributed by atoms with Gasteiger partial charge in [-0.05, 0) is 28.8 Å². The Morgan fingerprint density at radius 3 is 2.17 bits per heavy atom. The van der Waals surface area contributed by atoms with E-state index in [0.717, 1.165) is 11.1 Å². The summed E-state index contributed by atoms with van der Waals surface area (Å²) in [4.78, 5) is 10.7. The van der Waals surface area contributed by atoms with Crippen LogP contribution in [0.1, 0.15) is 15.9 Å². The molecule has 2 N–H and O–H groups in total. The van der Waals surface area contributed by atoms with Gasteiger partial charge in [0.2, 0.25) is 0 Å². The molecule has 0 bridgehead atoms. The third kappa shape index (κ3) is 2.38. The molecule has 2 aromatic rings. The molecule has 0 aliphatic heterocycles. The van der Waals surface area contributed by atoms with E-state index in [9.17, 15) is 9.18 Å². The maximum absolute atomic E-state index is 13.5. The quantitative estimate of drug-likeness (QED) is 0.875. The van der Waals surface area contributed by atoms with Crippen molar-refractivity contribution in [2.75, 3.05) is 0 Å². The van der Waals surface area contributed by atoms with Crippen LogP contribution in [-0.4, -0.2) is 16.2 Å². The predicted octanol–water partition coefficient (Wildman–Crippen LogP) is 2.68. The van der Waals surface area contributed by atoms with Gasteiger partial charge >= 0.3 is 5.97 Å². The molecule has 0 unspecified atom stereocenters. The molecule has 0 saturated heterocycles. The Balaban J connectivity index is 2.39. The first-order valence-corrected chi connectivity index (χ1v) is 5.35. The van der Waals surface area contributed by atoms with Gasteiger partial charge in [0.25, 0.3) is 0 Å². The fourth-order valence-electron chi connectivity index (χ4n) is 1.67. The number of hydrogen-bond donors (Lipinski definition) is 2. The van der Waals surface area contributed by atoms with E-state index in [0.29, 0.717) is 5.56 Å². The van der Waals surface area contributed by atoms with Gasteiger partial charge in [-0.2, -0.15) is 0 Å². The molecule has 0 amide bonds. The summed E-state index contributed by atoms with van der Waals surface area (Å²) in [6, 6.07) is 11.0. The van der Waals surface area contributed by atoms with E-state index in [2.05, 4.69) is 0 Å². The highest BCUT2D eigenvalue weighted by atomic mass is 19.1. The molecule has 92 valence electrons. The second-order valence-electron chi connectivity index (χ2n) is 3.85. The number of carbonyl (C=O) groups is 1. The molecule has 18 heavy (non-hydrogen) atoms. The average Bonchev–Trinajstić information content (AvgIpc) is 2.38. The number of carboxylic acids is 1. The Hall–Kier alpha value is -2.20. The zero-order valence-corrected chi connectivity index (χ0v) is 9.43. The van der Waals surface area contributed by atoms with Gasteiger partial charge in [0.15, 0.2) is 0 Å². The third-order valence-electron chi connectivity index (χ3n) is 2.67. The van der Waals surface area contributed by atoms with Crippen LogP contribution < -0.4 is 0 Å². The molecule has 2 rings (SSSR count). The second-order valence-corrected chi connectivity index (χ2v) is 3.85. The third-order valence-corrected chi connectivity index (χ3v) is 2.67. The van der Waals surface area contributed by atoms with E-state index in [1.807, 2.05) is 0 Å². The van der Waals surface area contributed by atoms with Crippen molar-refractivity contribution in [3.05, 3.63) is 59.4 Å². The molecular weight excluding hydrogens is 235 g/mol. The van der Waals surface area contributed by atoms with E-state index in [4.69, 9.17) is 10.2 Å². The molecule has 0 aliphatic carbocycles. The lowest BCUT2D eigenvalue weighted by Crippen LogP contribution is -2.00. The summed E-state index contributed by atoms with van der Waals surface area (Å²) in [5, 5.41) is 17.6. The molecule has 0 atom stereocenters. The van der Waals surface area contributed by atoms with Gasteiger partial charge in [-0.15, -0.1) is 0 Å². The van der Waals surface area contributed by atoms with Gasteiger partial charge in [-0.25, -0.2) is 9.18 Å². The van der Waals surface area contributed by atoms with Crippen LogP contribution in [0.5, 0.6) is 0 Å². The van der Waals surface area contributed by atoms with Crippen molar-refractivity contribution in [1.82, 2.24) is 0 Å². The molecule has 0 aromatic heterocycles. The van der Waals surface area contributed by atoms with Gasteiger partial charge in [-0.3, -0.25) is 0 Å². The van der Waals surface area contributed by atoms with Crippen LogP contribution in [-0.2, 0) is 6.61 Å². The van der Waals surface area contributed by atoms with Crippen LogP contribution >= 0.6 is 0 Å². The highest BCUT2D eigenvalue weighted by Crippen LogP contribution is 2.22. The summed E-state index contributed by atoms with van der Waals surface area (Å²) in [6.45, 7) is -0.0490. The number of rotatable bonds is 3. The zero-order chi connectivity index (χ0) is 13.1. The van der Waals surface area contributed by atoms with Crippen LogP contribution in [0.2, 0.25) is 0 Å². The number of benzene rings is 2. The minimum Gasteiger partial charge on any atom is -0.478 e. The van der Waals surface area contributed by atoms with E-state index >= 15 is 0 Å². The van der Waals surface area contributed by atoms with E-state index in [1.54, 1.807) is 30.3 Å². The smallest absolute Gasteiger partial charge is 0.338 e. The second kappa shape index (κ2) is 4.98. The predicted molar refractivity (Wildman–Crippen MR) is 64.7 cm³/mol. The van der Waals surface area contributed by atoms with Crippen LogP contribution in [0.15, 0.2) is 42.5 Å². The minimum atomic E-state index is -1.28. The fourth-order valence-corrected chi connectivity index (χ4v) is 1.67. The maximum Gasteiger partial charge on any atom is 0.338 e. The zero-order valence-electron chi connectivity index (χ0n) is 9.43. The largest absolute Gasteiger partial charge is 0.478 e. The van der Waals surface area contributed by atoms with Crippen molar-refractivity contribution in [2.24, 2.45) is 0 Å². The first-order valence-electron chi connectivity index (χ1n) is 5.35. The van der Waals surface area contributed by atoms with Crippen molar-refractivity contribution in [1.29, 1.82) is 0 Å². The fraction of sp³-hybridized carbons (Fsp3) is 0.0714. The van der Waals surface area contributed by atoms with Crippen LogP contribution in [0.4, 0.5) is 4.39 Å². The maximum atomic E-state index is 13.5. The average molecular weight is 246 g/mol. The molecule has 0 aliphatic rings. The van der Waals surface area contributed by atoms with Gasteiger partial charge in [0, 0.05) is 0 Å². The number of halogens is 1. The summed E-state index contributed by atoms with van der Waals surface area (Å²) in [7, 11) is 0. The molecule has 0 radical (unpaired) electrons. The van der Waals surface area contributed by atoms with Crippen LogP contribution in [0.3, 0.4) is 0 Å². The molecule has 4 heteroatoms. The Morgan fingerprint density at radius 1 is 1.06 bits per heavy atom. The lowest BCUT2D eigenvalue weighted by molar-refractivity contribution is 0.0692. The number of aliphatic hydroxyl groups excluding tert-OH is 1. The first kappa shape index (κ1) is 12.3. The van der Waals surface area contributed by atoms with Crippen molar-refractivity contribution >= 4 is 5.97 Å². The Labute approximate surface area is 103 Å². The van der Waals surface area contributed by atoms with Crippen molar-refractivity contribution in [2.45, 2.75) is 6.61 Å². The summed E-state index contributed by atoms with van der Waals surface area (Å²) < 4.78 is 13.5. The van der Waals surface area contributed by atoms with Gasteiger partial charge < -0.3 is 10.2 Å². The summed E-state index contributed by atoms with van der Waals surface area (Å²) in [5.41, 5.74) is 1.79. The van der Waals surface area contributed by atoms with E-state index < -0.39 is 11.8 Å². The highest BCUT2D eigenvalue weighted by molar-refractivity contribution is 5.88. The highest BCUT2D eigenvalue weighted by Gasteiger charge is 2.10. The first-order chi connectivity index (χ1) is 8.61. The normalized spacial score (nSPS) is 10.3. The number of aliphatic hydroxyl groups is 1. The number of hydrogen-bond acceptors (Lipinski definition) is 2.